The van der Waals surface area contributed by atoms with Gasteiger partial charge in [0.15, 0.2) is 0 Å². The number of rotatable bonds is 1. The van der Waals surface area contributed by atoms with Crippen LogP contribution >= 0.6 is 15.9 Å². The van der Waals surface area contributed by atoms with Gasteiger partial charge in [0, 0.05) is 29.8 Å². The minimum absolute atomic E-state index is 0.0337. The van der Waals surface area contributed by atoms with Crippen molar-refractivity contribution in [3.63, 3.8) is 0 Å². The maximum atomic E-state index is 12.9. The lowest BCUT2D eigenvalue weighted by molar-refractivity contribution is -0.137. The van der Waals surface area contributed by atoms with Crippen molar-refractivity contribution in [2.45, 2.75) is 18.6 Å². The van der Waals surface area contributed by atoms with E-state index in [9.17, 15) is 13.2 Å². The number of halogens is 4. The molecule has 0 saturated carbocycles. The Bertz CT molecular complexity index is 422. The lowest BCUT2D eigenvalue weighted by Crippen LogP contribution is -2.28. The fourth-order valence-corrected chi connectivity index (χ4v) is 2.20. The summed E-state index contributed by atoms with van der Waals surface area (Å²) in [6.07, 6.45) is -2.34. The molecule has 1 aromatic rings. The third-order valence-electron chi connectivity index (χ3n) is 2.66. The fraction of sp³-hybridized carbons (Fsp3) is 0.500. The Morgan fingerprint density at radius 3 is 2.71 bits per heavy atom. The number of pyridine rings is 1. The Balaban J connectivity index is 2.39. The topological polar surface area (TPSA) is 42.1 Å². The minimum Gasteiger partial charge on any atom is -0.355 e. The number of aromatic nitrogens is 1. The zero-order valence-corrected chi connectivity index (χ0v) is 10.4. The van der Waals surface area contributed by atoms with E-state index in [0.717, 1.165) is 6.07 Å². The normalized spacial score (nSPS) is 21.0. The molecule has 0 spiro atoms. The molecule has 7 heteroatoms. The van der Waals surface area contributed by atoms with Crippen molar-refractivity contribution in [1.29, 1.82) is 0 Å². The summed E-state index contributed by atoms with van der Waals surface area (Å²) in [7, 11) is 0. The highest BCUT2D eigenvalue weighted by Crippen LogP contribution is 2.37. The predicted octanol–water partition coefficient (Wildman–Crippen LogP) is 2.40. The van der Waals surface area contributed by atoms with E-state index in [4.69, 9.17) is 5.73 Å². The molecule has 3 nitrogen and oxygen atoms in total. The lowest BCUT2D eigenvalue weighted by Gasteiger charge is -2.21. The van der Waals surface area contributed by atoms with Gasteiger partial charge in [-0.2, -0.15) is 13.2 Å². The van der Waals surface area contributed by atoms with Crippen LogP contribution < -0.4 is 10.6 Å². The molecule has 0 radical (unpaired) electrons. The molecule has 17 heavy (non-hydrogen) atoms. The van der Waals surface area contributed by atoms with Crippen LogP contribution in [0.4, 0.5) is 19.0 Å². The van der Waals surface area contributed by atoms with Crippen LogP contribution in [-0.2, 0) is 6.18 Å². The average molecular weight is 310 g/mol. The molecule has 1 saturated heterocycles. The van der Waals surface area contributed by atoms with Crippen molar-refractivity contribution in [2.24, 2.45) is 5.73 Å². The van der Waals surface area contributed by atoms with E-state index in [1.807, 2.05) is 0 Å². The smallest absolute Gasteiger partial charge is 0.355 e. The van der Waals surface area contributed by atoms with Crippen molar-refractivity contribution < 1.29 is 13.2 Å². The van der Waals surface area contributed by atoms with E-state index >= 15 is 0 Å². The van der Waals surface area contributed by atoms with Gasteiger partial charge in [0.1, 0.15) is 5.82 Å². The third-order valence-corrected chi connectivity index (χ3v) is 3.10. The second-order valence-electron chi connectivity index (χ2n) is 4.02. The summed E-state index contributed by atoms with van der Waals surface area (Å²) in [5.41, 5.74) is 4.97. The van der Waals surface area contributed by atoms with Gasteiger partial charge in [0.2, 0.25) is 0 Å². The van der Waals surface area contributed by atoms with Crippen LogP contribution in [0.1, 0.15) is 12.0 Å². The second-order valence-corrected chi connectivity index (χ2v) is 4.93. The van der Waals surface area contributed by atoms with Gasteiger partial charge in [0.25, 0.3) is 0 Å². The summed E-state index contributed by atoms with van der Waals surface area (Å²) in [6.45, 7) is 0.927. The maximum absolute atomic E-state index is 12.9. The van der Waals surface area contributed by atoms with E-state index in [0.29, 0.717) is 24.0 Å². The Kier molecular flexibility index (Phi) is 3.31. The van der Waals surface area contributed by atoms with E-state index in [1.165, 1.54) is 6.20 Å². The average Bonchev–Trinajstić information content (AvgIpc) is 2.63. The highest BCUT2D eigenvalue weighted by Gasteiger charge is 2.37. The Morgan fingerprint density at radius 2 is 2.18 bits per heavy atom. The molecule has 94 valence electrons. The molecule has 1 aliphatic heterocycles. The first-order chi connectivity index (χ1) is 7.88. The summed E-state index contributed by atoms with van der Waals surface area (Å²) in [5, 5.41) is 0. The number of alkyl halides is 3. The lowest BCUT2D eigenvalue weighted by atomic mass is 10.2. The van der Waals surface area contributed by atoms with Crippen molar-refractivity contribution >= 4 is 21.7 Å². The Labute approximate surface area is 105 Å². The van der Waals surface area contributed by atoms with Crippen LogP contribution in [0.15, 0.2) is 16.7 Å². The highest BCUT2D eigenvalue weighted by atomic mass is 79.9. The van der Waals surface area contributed by atoms with Gasteiger partial charge >= 0.3 is 6.18 Å². The number of nitrogens with zero attached hydrogens (tertiary/aromatic N) is 2. The molecule has 1 aliphatic rings. The summed E-state index contributed by atoms with van der Waals surface area (Å²) < 4.78 is 38.9. The van der Waals surface area contributed by atoms with E-state index in [2.05, 4.69) is 20.9 Å². The molecule has 0 bridgehead atoms. The quantitative estimate of drug-likeness (QED) is 0.866. The van der Waals surface area contributed by atoms with Crippen molar-refractivity contribution in [1.82, 2.24) is 4.98 Å². The first-order valence-electron chi connectivity index (χ1n) is 5.11. The molecular formula is C10H11BrF3N3. The molecule has 1 fully saturated rings. The molecular weight excluding hydrogens is 299 g/mol. The summed E-state index contributed by atoms with van der Waals surface area (Å²) in [6, 6.07) is 0.966. The van der Waals surface area contributed by atoms with E-state index in [-0.39, 0.29) is 11.9 Å². The van der Waals surface area contributed by atoms with Crippen LogP contribution in [0.3, 0.4) is 0 Å². The number of anilines is 1. The maximum Gasteiger partial charge on any atom is 0.419 e. The zero-order chi connectivity index (χ0) is 12.6. The van der Waals surface area contributed by atoms with Crippen molar-refractivity contribution in [3.05, 3.63) is 22.3 Å². The molecule has 1 aromatic heterocycles. The Morgan fingerprint density at radius 1 is 1.47 bits per heavy atom. The molecule has 0 amide bonds. The van der Waals surface area contributed by atoms with Gasteiger partial charge in [-0.3, -0.25) is 0 Å². The largest absolute Gasteiger partial charge is 0.419 e. The monoisotopic (exact) mass is 309 g/mol. The zero-order valence-electron chi connectivity index (χ0n) is 8.84. The number of hydrogen-bond acceptors (Lipinski definition) is 3. The third kappa shape index (κ3) is 2.71. The van der Waals surface area contributed by atoms with Crippen LogP contribution in [-0.4, -0.2) is 24.1 Å². The fourth-order valence-electron chi connectivity index (χ4n) is 1.87. The van der Waals surface area contributed by atoms with Crippen LogP contribution in [0.25, 0.3) is 0 Å². The molecule has 2 rings (SSSR count). The Hall–Kier alpha value is -0.820. The van der Waals surface area contributed by atoms with Crippen LogP contribution in [0, 0.1) is 0 Å². The predicted molar refractivity (Wildman–Crippen MR) is 61.7 cm³/mol. The summed E-state index contributed by atoms with van der Waals surface area (Å²) >= 11 is 3.00. The van der Waals surface area contributed by atoms with E-state index < -0.39 is 11.7 Å². The van der Waals surface area contributed by atoms with E-state index in [1.54, 1.807) is 4.90 Å². The first-order valence-corrected chi connectivity index (χ1v) is 5.90. The van der Waals surface area contributed by atoms with Crippen molar-refractivity contribution in [2.75, 3.05) is 18.0 Å². The summed E-state index contributed by atoms with van der Waals surface area (Å²) in [5.74, 6) is -0.0337. The van der Waals surface area contributed by atoms with Gasteiger partial charge in [-0.15, -0.1) is 0 Å². The minimum atomic E-state index is -4.40. The van der Waals surface area contributed by atoms with Gasteiger partial charge in [-0.1, -0.05) is 0 Å². The second kappa shape index (κ2) is 4.45. The van der Waals surface area contributed by atoms with Crippen molar-refractivity contribution in [3.8, 4) is 0 Å². The molecule has 2 N–H and O–H groups in total. The SMILES string of the molecule is NC1CCN(c2ncc(Br)cc2C(F)(F)F)C1. The van der Waals surface area contributed by atoms with Gasteiger partial charge < -0.3 is 10.6 Å². The van der Waals surface area contributed by atoms with Gasteiger partial charge in [0.05, 0.1) is 5.56 Å². The molecule has 1 unspecified atom stereocenters. The standard InChI is InChI=1S/C10H11BrF3N3/c11-6-3-8(10(12,13)14)9(16-4-6)17-2-1-7(15)5-17/h3-4,7H,1-2,5,15H2. The number of hydrogen-bond donors (Lipinski definition) is 1. The highest BCUT2D eigenvalue weighted by molar-refractivity contribution is 9.10. The first kappa shape index (κ1) is 12.6. The van der Waals surface area contributed by atoms with Crippen LogP contribution in [0.2, 0.25) is 0 Å². The molecule has 0 aliphatic carbocycles. The molecule has 0 aromatic carbocycles. The van der Waals surface area contributed by atoms with Gasteiger partial charge in [-0.25, -0.2) is 4.98 Å². The molecule has 1 atom stereocenters. The molecule has 2 heterocycles. The van der Waals surface area contributed by atoms with Gasteiger partial charge in [-0.05, 0) is 28.4 Å². The van der Waals surface area contributed by atoms with Crippen LogP contribution in [0.5, 0.6) is 0 Å². The number of nitrogens with two attached hydrogens (primary N) is 1. The summed E-state index contributed by atoms with van der Waals surface area (Å²) in [4.78, 5) is 5.45.